The number of aromatic nitrogens is 1. The number of nitrogens with one attached hydrogen (secondary N) is 1. The summed E-state index contributed by atoms with van der Waals surface area (Å²) in [7, 11) is 0. The second-order valence-electron chi connectivity index (χ2n) is 6.16. The summed E-state index contributed by atoms with van der Waals surface area (Å²) in [5.41, 5.74) is 2.09. The quantitative estimate of drug-likeness (QED) is 0.759. The van der Waals surface area contributed by atoms with Gasteiger partial charge in [-0.3, -0.25) is 4.79 Å². The molecule has 7 heteroatoms. The molecule has 2 aromatic rings. The topological polar surface area (TPSA) is 51.2 Å². The fourth-order valence-electron chi connectivity index (χ4n) is 2.78. The van der Waals surface area contributed by atoms with Crippen molar-refractivity contribution >= 4 is 33.2 Å². The van der Waals surface area contributed by atoms with Crippen LogP contribution in [0.3, 0.4) is 0 Å². The van der Waals surface area contributed by atoms with Crippen molar-refractivity contribution < 1.29 is 13.9 Å². The summed E-state index contributed by atoms with van der Waals surface area (Å²) in [5.74, 6) is -0.268. The van der Waals surface area contributed by atoms with Gasteiger partial charge in [-0.15, -0.1) is 11.3 Å². The Labute approximate surface area is 158 Å². The third-order valence-corrected chi connectivity index (χ3v) is 5.94. The highest BCUT2D eigenvalue weighted by molar-refractivity contribution is 9.10. The Hall–Kier alpha value is -1.31. The van der Waals surface area contributed by atoms with Gasteiger partial charge in [-0.25, -0.2) is 9.37 Å². The fourth-order valence-corrected chi connectivity index (χ4v) is 4.23. The van der Waals surface area contributed by atoms with Crippen molar-refractivity contribution in [1.29, 1.82) is 0 Å². The van der Waals surface area contributed by atoms with E-state index in [1.54, 1.807) is 23.5 Å². The number of rotatable bonds is 6. The maximum atomic E-state index is 13.3. The Bertz CT molecular complexity index is 742. The standard InChI is InChI=1S/C18H20BrFN2O2S/c1-11(12-2-3-14(20)13(19)9-12)8-17(23)21-6-4-18-22-15-5-7-24-10-16(15)25-18/h2-3,9,11H,4-8,10H2,1H3,(H,21,23). The number of carbonyl (C=O) groups excluding carboxylic acids is 1. The van der Waals surface area contributed by atoms with Crippen LogP contribution in [0.5, 0.6) is 0 Å². The SMILES string of the molecule is CC(CC(=O)NCCc1nc2c(s1)COCC2)c1ccc(F)c(Br)c1. The minimum Gasteiger partial charge on any atom is -0.375 e. The second kappa shape index (κ2) is 8.38. The van der Waals surface area contributed by atoms with Crippen LogP contribution in [0.2, 0.25) is 0 Å². The lowest BCUT2D eigenvalue weighted by Gasteiger charge is -2.12. The Morgan fingerprint density at radius 2 is 2.36 bits per heavy atom. The number of fused-ring (bicyclic) bond motifs is 1. The minimum atomic E-state index is -0.294. The zero-order valence-electron chi connectivity index (χ0n) is 14.0. The molecule has 4 nitrogen and oxygen atoms in total. The van der Waals surface area contributed by atoms with E-state index >= 15 is 0 Å². The summed E-state index contributed by atoms with van der Waals surface area (Å²) in [6.07, 6.45) is 1.99. The number of hydrogen-bond acceptors (Lipinski definition) is 4. The van der Waals surface area contributed by atoms with Crippen LogP contribution in [-0.4, -0.2) is 24.0 Å². The molecule has 1 aliphatic heterocycles. The smallest absolute Gasteiger partial charge is 0.220 e. The first-order valence-electron chi connectivity index (χ1n) is 8.29. The average Bonchev–Trinajstić information content (AvgIpc) is 3.00. The predicted octanol–water partition coefficient (Wildman–Crippen LogP) is 3.97. The van der Waals surface area contributed by atoms with Gasteiger partial charge in [-0.1, -0.05) is 13.0 Å². The van der Waals surface area contributed by atoms with E-state index in [4.69, 9.17) is 4.74 Å². The lowest BCUT2D eigenvalue weighted by atomic mass is 9.97. The second-order valence-corrected chi connectivity index (χ2v) is 8.18. The third kappa shape index (κ3) is 4.86. The van der Waals surface area contributed by atoms with Crippen molar-refractivity contribution in [3.8, 4) is 0 Å². The van der Waals surface area contributed by atoms with Crippen LogP contribution < -0.4 is 5.32 Å². The van der Waals surface area contributed by atoms with Gasteiger partial charge in [0.1, 0.15) is 5.82 Å². The normalized spacial score (nSPS) is 14.8. The van der Waals surface area contributed by atoms with Crippen LogP contribution in [0.15, 0.2) is 22.7 Å². The van der Waals surface area contributed by atoms with Crippen LogP contribution in [0.4, 0.5) is 4.39 Å². The molecule has 0 radical (unpaired) electrons. The van der Waals surface area contributed by atoms with Crippen LogP contribution in [-0.2, 0) is 29.0 Å². The summed E-state index contributed by atoms with van der Waals surface area (Å²) in [5, 5.41) is 4.00. The van der Waals surface area contributed by atoms with E-state index in [0.29, 0.717) is 24.0 Å². The van der Waals surface area contributed by atoms with Gasteiger partial charge in [0.25, 0.3) is 0 Å². The Balaban J connectivity index is 1.46. The van der Waals surface area contributed by atoms with E-state index < -0.39 is 0 Å². The molecule has 1 atom stereocenters. The van der Waals surface area contributed by atoms with Crippen molar-refractivity contribution in [2.24, 2.45) is 0 Å². The number of carbonyl (C=O) groups is 1. The molecule has 1 N–H and O–H groups in total. The maximum Gasteiger partial charge on any atom is 0.220 e. The largest absolute Gasteiger partial charge is 0.375 e. The number of nitrogens with zero attached hydrogens (tertiary/aromatic N) is 1. The van der Waals surface area contributed by atoms with Crippen molar-refractivity contribution in [2.45, 2.75) is 38.7 Å². The molecule has 1 unspecified atom stereocenters. The molecule has 3 rings (SSSR count). The van der Waals surface area contributed by atoms with Gasteiger partial charge >= 0.3 is 0 Å². The zero-order chi connectivity index (χ0) is 17.8. The molecule has 25 heavy (non-hydrogen) atoms. The van der Waals surface area contributed by atoms with Gasteiger partial charge in [-0.2, -0.15) is 0 Å². The summed E-state index contributed by atoms with van der Waals surface area (Å²) >= 11 is 4.85. The molecule has 0 saturated carbocycles. The molecule has 134 valence electrons. The molecule has 0 fully saturated rings. The van der Waals surface area contributed by atoms with E-state index in [2.05, 4.69) is 26.2 Å². The summed E-state index contributed by atoms with van der Waals surface area (Å²) in [4.78, 5) is 18.0. The van der Waals surface area contributed by atoms with Gasteiger partial charge in [-0.05, 0) is 39.5 Å². The Morgan fingerprint density at radius 3 is 3.12 bits per heavy atom. The molecule has 0 saturated heterocycles. The van der Waals surface area contributed by atoms with Gasteiger partial charge < -0.3 is 10.1 Å². The summed E-state index contributed by atoms with van der Waals surface area (Å²) < 4.78 is 19.2. The average molecular weight is 427 g/mol. The van der Waals surface area contributed by atoms with Crippen molar-refractivity contribution in [2.75, 3.05) is 13.2 Å². The van der Waals surface area contributed by atoms with E-state index in [1.807, 2.05) is 6.92 Å². The number of benzene rings is 1. The summed E-state index contributed by atoms with van der Waals surface area (Å²) in [6.45, 7) is 3.94. The molecule has 0 aliphatic carbocycles. The lowest BCUT2D eigenvalue weighted by molar-refractivity contribution is -0.121. The fraction of sp³-hybridized carbons (Fsp3) is 0.444. The van der Waals surface area contributed by atoms with E-state index in [9.17, 15) is 9.18 Å². The highest BCUT2D eigenvalue weighted by atomic mass is 79.9. The molecule has 2 heterocycles. The monoisotopic (exact) mass is 426 g/mol. The number of ether oxygens (including phenoxy) is 1. The maximum absolute atomic E-state index is 13.3. The van der Waals surface area contributed by atoms with Crippen molar-refractivity contribution in [1.82, 2.24) is 10.3 Å². The first kappa shape index (κ1) is 18.5. The Kier molecular flexibility index (Phi) is 6.19. The molecule has 1 aliphatic rings. The third-order valence-electron chi connectivity index (χ3n) is 4.20. The molecule has 0 spiro atoms. The summed E-state index contributed by atoms with van der Waals surface area (Å²) in [6, 6.07) is 4.87. The van der Waals surface area contributed by atoms with Crippen molar-refractivity contribution in [3.63, 3.8) is 0 Å². The van der Waals surface area contributed by atoms with Crippen molar-refractivity contribution in [3.05, 3.63) is 49.6 Å². The van der Waals surface area contributed by atoms with Crippen LogP contribution in [0.1, 0.15) is 40.4 Å². The lowest BCUT2D eigenvalue weighted by Crippen LogP contribution is -2.26. The molecule has 1 amide bonds. The highest BCUT2D eigenvalue weighted by Gasteiger charge is 2.16. The molecule has 1 aromatic carbocycles. The minimum absolute atomic E-state index is 0.00222. The highest BCUT2D eigenvalue weighted by Crippen LogP contribution is 2.25. The predicted molar refractivity (Wildman–Crippen MR) is 99.3 cm³/mol. The molecular weight excluding hydrogens is 407 g/mol. The van der Waals surface area contributed by atoms with E-state index in [1.165, 1.54) is 10.9 Å². The van der Waals surface area contributed by atoms with Crippen LogP contribution >= 0.6 is 27.3 Å². The van der Waals surface area contributed by atoms with E-state index in [-0.39, 0.29) is 17.6 Å². The first-order chi connectivity index (χ1) is 12.0. The Morgan fingerprint density at radius 1 is 1.52 bits per heavy atom. The van der Waals surface area contributed by atoms with Gasteiger partial charge in [0.2, 0.25) is 5.91 Å². The van der Waals surface area contributed by atoms with E-state index in [0.717, 1.165) is 35.7 Å². The first-order valence-corrected chi connectivity index (χ1v) is 9.90. The molecule has 1 aromatic heterocycles. The van der Waals surface area contributed by atoms with Crippen LogP contribution in [0, 0.1) is 5.82 Å². The molecule has 0 bridgehead atoms. The van der Waals surface area contributed by atoms with Gasteiger partial charge in [0.05, 0.1) is 33.3 Å². The number of hydrogen-bond donors (Lipinski definition) is 1. The molecular formula is C18H20BrFN2O2S. The number of thiazole rings is 1. The zero-order valence-corrected chi connectivity index (χ0v) is 16.4. The number of halogens is 2. The number of amides is 1. The van der Waals surface area contributed by atoms with Gasteiger partial charge in [0, 0.05) is 25.8 Å². The van der Waals surface area contributed by atoms with Gasteiger partial charge in [0.15, 0.2) is 0 Å². The van der Waals surface area contributed by atoms with Crippen LogP contribution in [0.25, 0.3) is 0 Å².